The Morgan fingerprint density at radius 3 is 2.61 bits per heavy atom. The van der Waals surface area contributed by atoms with Gasteiger partial charge in [0, 0.05) is 24.0 Å². The van der Waals surface area contributed by atoms with Gasteiger partial charge < -0.3 is 10.6 Å². The minimum atomic E-state index is -0.511. The van der Waals surface area contributed by atoms with Gasteiger partial charge in [0.1, 0.15) is 17.5 Å². The molecule has 116 valence electrons. The van der Waals surface area contributed by atoms with E-state index >= 15 is 0 Å². The maximum Gasteiger partial charge on any atom is 0.267 e. The van der Waals surface area contributed by atoms with Crippen LogP contribution >= 0.6 is 0 Å². The van der Waals surface area contributed by atoms with Gasteiger partial charge in [-0.15, -0.1) is 0 Å². The lowest BCUT2D eigenvalue weighted by atomic mass is 10.2. The average molecular weight is 309 g/mol. The highest BCUT2D eigenvalue weighted by Gasteiger charge is 2.10. The molecule has 5 heteroatoms. The number of nitrogens with one attached hydrogen (secondary N) is 2. The van der Waals surface area contributed by atoms with Crippen LogP contribution in [0.5, 0.6) is 0 Å². The first-order chi connectivity index (χ1) is 11.1. The van der Waals surface area contributed by atoms with Crippen LogP contribution in [0.3, 0.4) is 0 Å². The van der Waals surface area contributed by atoms with Crippen molar-refractivity contribution in [1.29, 1.82) is 5.26 Å². The predicted octanol–water partition coefficient (Wildman–Crippen LogP) is 3.27. The molecule has 2 N–H and O–H groups in total. The molecule has 0 radical (unpaired) electrons. The number of anilines is 1. The molecule has 0 spiro atoms. The Kier molecular flexibility index (Phi) is 5.48. The van der Waals surface area contributed by atoms with E-state index in [2.05, 4.69) is 10.6 Å². The van der Waals surface area contributed by atoms with E-state index < -0.39 is 5.91 Å². The molecule has 23 heavy (non-hydrogen) atoms. The van der Waals surface area contributed by atoms with Crippen LogP contribution in [-0.2, 0) is 11.3 Å². The molecule has 0 unspecified atom stereocenters. The fourth-order valence-electron chi connectivity index (χ4n) is 1.96. The van der Waals surface area contributed by atoms with E-state index in [-0.39, 0.29) is 17.9 Å². The highest BCUT2D eigenvalue weighted by atomic mass is 19.1. The molecular formula is C18H16FN3O. The Bertz CT molecular complexity index is 778. The van der Waals surface area contributed by atoms with Gasteiger partial charge >= 0.3 is 0 Å². The lowest BCUT2D eigenvalue weighted by molar-refractivity contribution is -0.112. The molecule has 0 aliphatic heterocycles. The molecule has 2 aromatic rings. The fourth-order valence-corrected chi connectivity index (χ4v) is 1.96. The van der Waals surface area contributed by atoms with Gasteiger partial charge in [0.15, 0.2) is 0 Å². The number of nitrogens with zero attached hydrogens (tertiary/aromatic N) is 1. The van der Waals surface area contributed by atoms with E-state index in [1.807, 2.05) is 25.1 Å². The average Bonchev–Trinajstić information content (AvgIpc) is 2.55. The molecule has 0 aromatic heterocycles. The van der Waals surface area contributed by atoms with Crippen molar-refractivity contribution in [3.8, 4) is 6.07 Å². The van der Waals surface area contributed by atoms with Crippen molar-refractivity contribution in [3.05, 3.63) is 77.2 Å². The summed E-state index contributed by atoms with van der Waals surface area (Å²) in [7, 11) is 0. The highest BCUT2D eigenvalue weighted by molar-refractivity contribution is 6.06. The Balaban J connectivity index is 2.01. The number of carbonyl (C=O) groups is 1. The van der Waals surface area contributed by atoms with E-state index in [4.69, 9.17) is 5.26 Å². The van der Waals surface area contributed by atoms with Crippen molar-refractivity contribution in [1.82, 2.24) is 5.32 Å². The molecule has 0 atom stereocenters. The molecule has 2 rings (SSSR count). The second kappa shape index (κ2) is 7.76. The van der Waals surface area contributed by atoms with Crippen molar-refractivity contribution in [2.45, 2.75) is 13.5 Å². The number of amides is 1. The number of rotatable bonds is 5. The standard InChI is InChI=1S/C18H16FN3O/c1-13-6-2-5-9-17(13)22-18(23)15(10-20)12-21-11-14-7-3-4-8-16(14)19/h2-9,12,21H,11H2,1H3,(H,22,23)/b15-12-. The summed E-state index contributed by atoms with van der Waals surface area (Å²) in [6.07, 6.45) is 1.29. The third kappa shape index (κ3) is 4.42. The largest absolute Gasteiger partial charge is 0.385 e. The SMILES string of the molecule is Cc1ccccc1NC(=O)/C(C#N)=C\NCc1ccccc1F. The van der Waals surface area contributed by atoms with Gasteiger partial charge in [0.05, 0.1) is 0 Å². The Hall–Kier alpha value is -3.13. The van der Waals surface area contributed by atoms with E-state index in [1.54, 1.807) is 30.3 Å². The van der Waals surface area contributed by atoms with Gasteiger partial charge in [0.2, 0.25) is 0 Å². The number of halogens is 1. The maximum atomic E-state index is 13.5. The first-order valence-corrected chi connectivity index (χ1v) is 7.06. The van der Waals surface area contributed by atoms with E-state index in [0.717, 1.165) is 5.56 Å². The van der Waals surface area contributed by atoms with Crippen LogP contribution in [0.1, 0.15) is 11.1 Å². The summed E-state index contributed by atoms with van der Waals surface area (Å²) < 4.78 is 13.5. The minimum Gasteiger partial charge on any atom is -0.385 e. The van der Waals surface area contributed by atoms with Crippen LogP contribution in [0.25, 0.3) is 0 Å². The van der Waals surface area contributed by atoms with Crippen LogP contribution in [0.2, 0.25) is 0 Å². The first-order valence-electron chi connectivity index (χ1n) is 7.06. The molecule has 0 bridgehead atoms. The third-order valence-corrected chi connectivity index (χ3v) is 3.26. The van der Waals surface area contributed by atoms with E-state index in [0.29, 0.717) is 11.3 Å². The second-order valence-corrected chi connectivity index (χ2v) is 4.91. The maximum absolute atomic E-state index is 13.5. The molecule has 0 saturated carbocycles. The summed E-state index contributed by atoms with van der Waals surface area (Å²) in [5, 5.41) is 14.6. The first kappa shape index (κ1) is 16.2. The lowest BCUT2D eigenvalue weighted by Crippen LogP contribution is -2.17. The summed E-state index contributed by atoms with van der Waals surface area (Å²) in [6, 6.07) is 15.4. The molecule has 1 amide bonds. The monoisotopic (exact) mass is 309 g/mol. The topological polar surface area (TPSA) is 64.9 Å². The Morgan fingerprint density at radius 2 is 1.91 bits per heavy atom. The third-order valence-electron chi connectivity index (χ3n) is 3.26. The van der Waals surface area contributed by atoms with Crippen molar-refractivity contribution < 1.29 is 9.18 Å². The van der Waals surface area contributed by atoms with Crippen molar-refractivity contribution >= 4 is 11.6 Å². The predicted molar refractivity (Wildman–Crippen MR) is 86.7 cm³/mol. The summed E-state index contributed by atoms with van der Waals surface area (Å²) in [5.74, 6) is -0.848. The van der Waals surface area contributed by atoms with Crippen LogP contribution in [0.4, 0.5) is 10.1 Å². The molecule has 0 saturated heterocycles. The van der Waals surface area contributed by atoms with Gasteiger partial charge in [-0.1, -0.05) is 36.4 Å². The number of para-hydroxylation sites is 1. The van der Waals surface area contributed by atoms with E-state index in [1.165, 1.54) is 12.3 Å². The molecule has 0 heterocycles. The number of nitriles is 1. The van der Waals surface area contributed by atoms with Gasteiger partial charge in [-0.25, -0.2) is 4.39 Å². The van der Waals surface area contributed by atoms with Crippen LogP contribution in [0.15, 0.2) is 60.3 Å². The van der Waals surface area contributed by atoms with Crippen molar-refractivity contribution in [2.24, 2.45) is 0 Å². The Labute approximate surface area is 134 Å². The summed E-state index contributed by atoms with van der Waals surface area (Å²) >= 11 is 0. The van der Waals surface area contributed by atoms with Crippen molar-refractivity contribution in [3.63, 3.8) is 0 Å². The normalized spacial score (nSPS) is 10.7. The van der Waals surface area contributed by atoms with Gasteiger partial charge in [0.25, 0.3) is 5.91 Å². The van der Waals surface area contributed by atoms with Crippen LogP contribution < -0.4 is 10.6 Å². The zero-order chi connectivity index (χ0) is 16.7. The molecule has 0 aliphatic rings. The number of hydrogen-bond acceptors (Lipinski definition) is 3. The smallest absolute Gasteiger partial charge is 0.267 e. The zero-order valence-corrected chi connectivity index (χ0v) is 12.6. The minimum absolute atomic E-state index is 0.0791. The molecule has 4 nitrogen and oxygen atoms in total. The number of benzene rings is 2. The molecule has 0 fully saturated rings. The molecular weight excluding hydrogens is 293 g/mol. The number of aryl methyl sites for hydroxylation is 1. The number of carbonyl (C=O) groups excluding carboxylic acids is 1. The van der Waals surface area contributed by atoms with E-state index in [9.17, 15) is 9.18 Å². The quantitative estimate of drug-likeness (QED) is 0.658. The fraction of sp³-hybridized carbons (Fsp3) is 0.111. The van der Waals surface area contributed by atoms with Crippen LogP contribution in [-0.4, -0.2) is 5.91 Å². The summed E-state index contributed by atoms with van der Waals surface area (Å²) in [4.78, 5) is 12.1. The second-order valence-electron chi connectivity index (χ2n) is 4.91. The molecule has 2 aromatic carbocycles. The highest BCUT2D eigenvalue weighted by Crippen LogP contribution is 2.14. The van der Waals surface area contributed by atoms with Crippen molar-refractivity contribution in [2.75, 3.05) is 5.32 Å². The van der Waals surface area contributed by atoms with Crippen LogP contribution in [0, 0.1) is 24.1 Å². The van der Waals surface area contributed by atoms with Gasteiger partial charge in [-0.05, 0) is 24.6 Å². The van der Waals surface area contributed by atoms with Gasteiger partial charge in [-0.3, -0.25) is 4.79 Å². The Morgan fingerprint density at radius 1 is 1.22 bits per heavy atom. The van der Waals surface area contributed by atoms with Gasteiger partial charge in [-0.2, -0.15) is 5.26 Å². The molecule has 0 aliphatic carbocycles. The lowest BCUT2D eigenvalue weighted by Gasteiger charge is -2.08. The summed E-state index contributed by atoms with van der Waals surface area (Å²) in [6.45, 7) is 2.05. The number of hydrogen-bond donors (Lipinski definition) is 2. The summed E-state index contributed by atoms with van der Waals surface area (Å²) in [5.41, 5.74) is 1.93. The zero-order valence-electron chi connectivity index (χ0n) is 12.6.